The number of hydrogen-bond acceptors (Lipinski definition) is 2. The molecule has 0 saturated heterocycles. The highest BCUT2D eigenvalue weighted by Crippen LogP contribution is 2.20. The molecule has 3 rings (SSSR count). The van der Waals surface area contributed by atoms with Gasteiger partial charge in [0.25, 0.3) is 0 Å². The van der Waals surface area contributed by atoms with Crippen LogP contribution in [0.1, 0.15) is 16.7 Å². The molecule has 0 bridgehead atoms. The monoisotopic (exact) mass is 455 g/mol. The van der Waals surface area contributed by atoms with Gasteiger partial charge in [-0.25, -0.2) is 0 Å². The lowest BCUT2D eigenvalue weighted by molar-refractivity contribution is -0.111. The molecule has 142 valence electrons. The van der Waals surface area contributed by atoms with E-state index in [4.69, 9.17) is 16.3 Å². The van der Waals surface area contributed by atoms with Crippen molar-refractivity contribution in [3.8, 4) is 5.75 Å². The average molecular weight is 457 g/mol. The summed E-state index contributed by atoms with van der Waals surface area (Å²) in [7, 11) is 0. The summed E-state index contributed by atoms with van der Waals surface area (Å²) in [6.45, 7) is 2.42. The van der Waals surface area contributed by atoms with Gasteiger partial charge in [0.05, 0.1) is 0 Å². The van der Waals surface area contributed by atoms with Crippen molar-refractivity contribution in [1.29, 1.82) is 0 Å². The minimum Gasteiger partial charge on any atom is -0.489 e. The molecule has 0 fully saturated rings. The maximum Gasteiger partial charge on any atom is 0.248 e. The van der Waals surface area contributed by atoms with E-state index < -0.39 is 0 Å². The predicted molar refractivity (Wildman–Crippen MR) is 119 cm³/mol. The number of benzene rings is 3. The molecule has 0 atom stereocenters. The zero-order valence-corrected chi connectivity index (χ0v) is 17.6. The van der Waals surface area contributed by atoms with Crippen LogP contribution in [-0.4, -0.2) is 5.91 Å². The molecule has 0 radical (unpaired) electrons. The van der Waals surface area contributed by atoms with E-state index in [-0.39, 0.29) is 5.91 Å². The van der Waals surface area contributed by atoms with Crippen molar-refractivity contribution in [3.63, 3.8) is 0 Å². The summed E-state index contributed by atoms with van der Waals surface area (Å²) in [5.41, 5.74) is 3.67. The van der Waals surface area contributed by atoms with E-state index in [2.05, 4.69) is 21.2 Å². The Hall–Kier alpha value is -2.56. The smallest absolute Gasteiger partial charge is 0.248 e. The zero-order chi connectivity index (χ0) is 19.9. The largest absolute Gasteiger partial charge is 0.489 e. The third kappa shape index (κ3) is 5.98. The lowest BCUT2D eigenvalue weighted by atomic mass is 10.2. The Balaban J connectivity index is 1.55. The fourth-order valence-corrected chi connectivity index (χ4v) is 2.93. The number of hydrogen-bond donors (Lipinski definition) is 1. The molecule has 0 spiro atoms. The molecule has 0 aromatic heterocycles. The lowest BCUT2D eigenvalue weighted by Gasteiger charge is -2.07. The van der Waals surface area contributed by atoms with Crippen LogP contribution >= 0.6 is 27.5 Å². The molecule has 0 aliphatic heterocycles. The molecule has 0 aliphatic carbocycles. The van der Waals surface area contributed by atoms with Gasteiger partial charge in [-0.2, -0.15) is 0 Å². The van der Waals surface area contributed by atoms with Gasteiger partial charge in [0, 0.05) is 21.3 Å². The second-order valence-electron chi connectivity index (χ2n) is 6.27. The van der Waals surface area contributed by atoms with E-state index in [1.807, 2.05) is 61.5 Å². The van der Waals surface area contributed by atoms with Crippen molar-refractivity contribution in [2.75, 3.05) is 5.32 Å². The fourth-order valence-electron chi connectivity index (χ4n) is 2.50. The lowest BCUT2D eigenvalue weighted by Crippen LogP contribution is -2.08. The molecule has 3 aromatic carbocycles. The van der Waals surface area contributed by atoms with E-state index in [1.54, 1.807) is 18.2 Å². The summed E-state index contributed by atoms with van der Waals surface area (Å²) >= 11 is 9.39. The van der Waals surface area contributed by atoms with Gasteiger partial charge in [0.1, 0.15) is 12.4 Å². The van der Waals surface area contributed by atoms with Gasteiger partial charge in [-0.3, -0.25) is 4.79 Å². The molecule has 0 heterocycles. The van der Waals surface area contributed by atoms with E-state index in [1.165, 1.54) is 6.08 Å². The third-order valence-corrected chi connectivity index (χ3v) is 4.85. The fraction of sp³-hybridized carbons (Fsp3) is 0.0870. The van der Waals surface area contributed by atoms with Gasteiger partial charge >= 0.3 is 0 Å². The Morgan fingerprint density at radius 1 is 1.07 bits per heavy atom. The first-order chi connectivity index (χ1) is 13.5. The summed E-state index contributed by atoms with van der Waals surface area (Å²) in [4.78, 5) is 12.1. The number of ether oxygens (including phenoxy) is 1. The van der Waals surface area contributed by atoms with Crippen molar-refractivity contribution < 1.29 is 9.53 Å². The molecular formula is C23H19BrClNO2. The average Bonchev–Trinajstić information content (AvgIpc) is 2.69. The highest BCUT2D eigenvalue weighted by Gasteiger charge is 2.03. The van der Waals surface area contributed by atoms with Crippen LogP contribution in [0.3, 0.4) is 0 Å². The Morgan fingerprint density at radius 3 is 2.50 bits per heavy atom. The number of halogens is 2. The minimum atomic E-state index is -0.207. The Bertz CT molecular complexity index is 982. The number of amides is 1. The predicted octanol–water partition coefficient (Wildman–Crippen LogP) is 6.64. The maximum atomic E-state index is 12.1. The standard InChI is InChI=1S/C23H19BrClNO2/c1-16-2-10-20(25)14-22(16)26-23(27)13-7-17-5-11-21(12-6-17)28-15-18-3-8-19(24)9-4-18/h2-14H,15H2,1H3,(H,26,27)/b13-7+. The van der Waals surface area contributed by atoms with Crippen LogP contribution in [0, 0.1) is 6.92 Å². The molecule has 0 unspecified atom stereocenters. The van der Waals surface area contributed by atoms with Crippen molar-refractivity contribution in [1.82, 2.24) is 0 Å². The summed E-state index contributed by atoms with van der Waals surface area (Å²) in [5, 5.41) is 3.42. The van der Waals surface area contributed by atoms with Crippen molar-refractivity contribution in [2.24, 2.45) is 0 Å². The minimum absolute atomic E-state index is 0.207. The number of carbonyl (C=O) groups is 1. The normalized spacial score (nSPS) is 10.8. The molecule has 5 heteroatoms. The Morgan fingerprint density at radius 2 is 1.79 bits per heavy atom. The molecule has 3 aromatic rings. The SMILES string of the molecule is Cc1ccc(Cl)cc1NC(=O)/C=C/c1ccc(OCc2ccc(Br)cc2)cc1. The molecule has 0 aliphatic rings. The maximum absolute atomic E-state index is 12.1. The van der Waals surface area contributed by atoms with Crippen LogP contribution in [0.15, 0.2) is 77.3 Å². The van der Waals surface area contributed by atoms with Crippen LogP contribution in [0.4, 0.5) is 5.69 Å². The van der Waals surface area contributed by atoms with Crippen molar-refractivity contribution >= 4 is 45.2 Å². The quantitative estimate of drug-likeness (QED) is 0.422. The molecule has 1 N–H and O–H groups in total. The van der Waals surface area contributed by atoms with Crippen LogP contribution < -0.4 is 10.1 Å². The second kappa shape index (κ2) is 9.58. The number of rotatable bonds is 6. The van der Waals surface area contributed by atoms with E-state index in [0.29, 0.717) is 17.3 Å². The summed E-state index contributed by atoms with van der Waals surface area (Å²) in [5.74, 6) is 0.569. The number of carbonyl (C=O) groups excluding carboxylic acids is 1. The first kappa shape index (κ1) is 20.2. The van der Waals surface area contributed by atoms with Crippen molar-refractivity contribution in [3.05, 3.63) is 99.0 Å². The van der Waals surface area contributed by atoms with Gasteiger partial charge in [0.2, 0.25) is 5.91 Å². The Labute approximate surface area is 178 Å². The second-order valence-corrected chi connectivity index (χ2v) is 7.62. The summed E-state index contributed by atoms with van der Waals surface area (Å²) in [6, 6.07) is 21.0. The third-order valence-electron chi connectivity index (χ3n) is 4.08. The van der Waals surface area contributed by atoms with Gasteiger partial charge in [-0.15, -0.1) is 0 Å². The highest BCUT2D eigenvalue weighted by molar-refractivity contribution is 9.10. The van der Waals surface area contributed by atoms with Crippen LogP contribution in [0.25, 0.3) is 6.08 Å². The van der Waals surface area contributed by atoms with Gasteiger partial charge in [-0.1, -0.05) is 57.9 Å². The number of anilines is 1. The van der Waals surface area contributed by atoms with Gasteiger partial charge in [0.15, 0.2) is 0 Å². The van der Waals surface area contributed by atoms with E-state index >= 15 is 0 Å². The van der Waals surface area contributed by atoms with Crippen LogP contribution in [-0.2, 0) is 11.4 Å². The summed E-state index contributed by atoms with van der Waals surface area (Å²) in [6.07, 6.45) is 3.26. The Kier molecular flexibility index (Phi) is 6.90. The molecular weight excluding hydrogens is 438 g/mol. The van der Waals surface area contributed by atoms with Crippen LogP contribution in [0.5, 0.6) is 5.75 Å². The first-order valence-corrected chi connectivity index (χ1v) is 9.89. The van der Waals surface area contributed by atoms with Crippen LogP contribution in [0.2, 0.25) is 5.02 Å². The highest BCUT2D eigenvalue weighted by atomic mass is 79.9. The zero-order valence-electron chi connectivity index (χ0n) is 15.3. The number of nitrogens with one attached hydrogen (secondary N) is 1. The molecule has 1 amide bonds. The van der Waals surface area contributed by atoms with Crippen molar-refractivity contribution in [2.45, 2.75) is 13.5 Å². The first-order valence-electron chi connectivity index (χ1n) is 8.72. The van der Waals surface area contributed by atoms with E-state index in [9.17, 15) is 4.79 Å². The van der Waals surface area contributed by atoms with Gasteiger partial charge in [-0.05, 0) is 66.1 Å². The molecule has 28 heavy (non-hydrogen) atoms. The number of aryl methyl sites for hydroxylation is 1. The van der Waals surface area contributed by atoms with E-state index in [0.717, 1.165) is 26.9 Å². The molecule has 3 nitrogen and oxygen atoms in total. The summed E-state index contributed by atoms with van der Waals surface area (Å²) < 4.78 is 6.83. The topological polar surface area (TPSA) is 38.3 Å². The molecule has 0 saturated carbocycles. The van der Waals surface area contributed by atoms with Gasteiger partial charge < -0.3 is 10.1 Å².